The molecule has 0 aromatic heterocycles. The number of fused-ring (bicyclic) bond motifs is 1. The van der Waals surface area contributed by atoms with Crippen molar-refractivity contribution >= 4 is 29.3 Å². The van der Waals surface area contributed by atoms with Crippen molar-refractivity contribution in [2.24, 2.45) is 5.73 Å². The van der Waals surface area contributed by atoms with Gasteiger partial charge in [-0.15, -0.1) is 0 Å². The number of imide groups is 2. The number of nitrogens with two attached hydrogens (primary N) is 1. The minimum Gasteiger partial charge on any atom is -0.384 e. The lowest BCUT2D eigenvalue weighted by Gasteiger charge is -2.27. The van der Waals surface area contributed by atoms with E-state index in [9.17, 15) is 19.2 Å². The average Bonchev–Trinajstić information content (AvgIpc) is 3.26. The summed E-state index contributed by atoms with van der Waals surface area (Å²) in [5, 5.41) is 5.50. The van der Waals surface area contributed by atoms with Gasteiger partial charge >= 0.3 is 0 Å². The van der Waals surface area contributed by atoms with Gasteiger partial charge in [-0.2, -0.15) is 0 Å². The van der Waals surface area contributed by atoms with E-state index in [1.165, 1.54) is 0 Å². The number of hydrogen-bond donors (Lipinski definition) is 3. The fourth-order valence-electron chi connectivity index (χ4n) is 4.59. The highest BCUT2D eigenvalue weighted by atomic mass is 16.2. The van der Waals surface area contributed by atoms with Gasteiger partial charge in [-0.25, -0.2) is 0 Å². The third kappa shape index (κ3) is 4.47. The van der Waals surface area contributed by atoms with Gasteiger partial charge in [0.15, 0.2) is 0 Å². The molecule has 3 aliphatic heterocycles. The Morgan fingerprint density at radius 2 is 1.90 bits per heavy atom. The van der Waals surface area contributed by atoms with Gasteiger partial charge in [0.05, 0.1) is 11.1 Å². The summed E-state index contributed by atoms with van der Waals surface area (Å²) < 4.78 is 0. The van der Waals surface area contributed by atoms with E-state index in [0.29, 0.717) is 29.4 Å². The van der Waals surface area contributed by atoms with Crippen LogP contribution in [0.4, 0.5) is 5.69 Å². The number of benzene rings is 1. The Morgan fingerprint density at radius 1 is 1.06 bits per heavy atom. The van der Waals surface area contributed by atoms with Crippen LogP contribution in [0.25, 0.3) is 0 Å². The minimum absolute atomic E-state index is 0.109. The lowest BCUT2D eigenvalue weighted by atomic mass is 10.0. The molecule has 2 saturated heterocycles. The van der Waals surface area contributed by atoms with Crippen molar-refractivity contribution in [2.45, 2.75) is 50.6 Å². The number of hydrogen-bond acceptors (Lipinski definition) is 7. The van der Waals surface area contributed by atoms with Gasteiger partial charge < -0.3 is 16.0 Å². The SMILES string of the molecule is NC1CCN(CCCCCNc2cccc3c2C(=O)N(C2CCC(=O)NC2=O)C3=O)C1. The van der Waals surface area contributed by atoms with Crippen LogP contribution in [-0.2, 0) is 9.59 Å². The van der Waals surface area contributed by atoms with Crippen LogP contribution in [0.2, 0.25) is 0 Å². The van der Waals surface area contributed by atoms with E-state index >= 15 is 0 Å². The molecular formula is C22H29N5O4. The first-order chi connectivity index (χ1) is 15.0. The van der Waals surface area contributed by atoms with Gasteiger partial charge in [0, 0.05) is 31.2 Å². The molecule has 4 rings (SSSR count). The van der Waals surface area contributed by atoms with Gasteiger partial charge in [0.25, 0.3) is 11.8 Å². The lowest BCUT2D eigenvalue weighted by molar-refractivity contribution is -0.136. The molecular weight excluding hydrogens is 398 g/mol. The zero-order valence-electron chi connectivity index (χ0n) is 17.6. The molecule has 31 heavy (non-hydrogen) atoms. The molecule has 3 heterocycles. The van der Waals surface area contributed by atoms with E-state index in [-0.39, 0.29) is 18.7 Å². The Kier molecular flexibility index (Phi) is 6.33. The Balaban J connectivity index is 1.33. The fourth-order valence-corrected chi connectivity index (χ4v) is 4.59. The third-order valence-electron chi connectivity index (χ3n) is 6.24. The monoisotopic (exact) mass is 427 g/mol. The summed E-state index contributed by atoms with van der Waals surface area (Å²) in [5.41, 5.74) is 7.15. The quantitative estimate of drug-likeness (QED) is 0.412. The highest BCUT2D eigenvalue weighted by Gasteiger charge is 2.45. The second kappa shape index (κ2) is 9.15. The van der Waals surface area contributed by atoms with Crippen LogP contribution in [0.5, 0.6) is 0 Å². The largest absolute Gasteiger partial charge is 0.384 e. The minimum atomic E-state index is -0.948. The molecule has 9 heteroatoms. The first kappa shape index (κ1) is 21.5. The first-order valence-corrected chi connectivity index (χ1v) is 11.0. The van der Waals surface area contributed by atoms with Crippen LogP contribution in [-0.4, -0.2) is 71.7 Å². The fraction of sp³-hybridized carbons (Fsp3) is 0.545. The summed E-state index contributed by atoms with van der Waals surface area (Å²) in [6, 6.07) is 4.48. The van der Waals surface area contributed by atoms with Crippen molar-refractivity contribution in [3.63, 3.8) is 0 Å². The van der Waals surface area contributed by atoms with Crippen molar-refractivity contribution < 1.29 is 19.2 Å². The lowest BCUT2D eigenvalue weighted by Crippen LogP contribution is -2.54. The molecule has 3 aliphatic rings. The molecule has 9 nitrogen and oxygen atoms in total. The predicted octanol–water partition coefficient (Wildman–Crippen LogP) is 0.703. The van der Waals surface area contributed by atoms with E-state index in [1.54, 1.807) is 18.2 Å². The Labute approximate surface area is 181 Å². The topological polar surface area (TPSA) is 125 Å². The van der Waals surface area contributed by atoms with Gasteiger partial charge in [-0.3, -0.25) is 29.4 Å². The zero-order valence-corrected chi connectivity index (χ0v) is 17.6. The van der Waals surface area contributed by atoms with E-state index in [4.69, 9.17) is 5.73 Å². The molecule has 166 valence electrons. The van der Waals surface area contributed by atoms with Crippen LogP contribution in [0.15, 0.2) is 18.2 Å². The Hall–Kier alpha value is -2.78. The van der Waals surface area contributed by atoms with Crippen molar-refractivity contribution in [1.29, 1.82) is 0 Å². The van der Waals surface area contributed by atoms with Crippen molar-refractivity contribution in [3.8, 4) is 0 Å². The van der Waals surface area contributed by atoms with Crippen molar-refractivity contribution in [3.05, 3.63) is 29.3 Å². The molecule has 0 spiro atoms. The van der Waals surface area contributed by atoms with Gasteiger partial charge in [0.2, 0.25) is 11.8 Å². The van der Waals surface area contributed by atoms with Crippen LogP contribution in [0.1, 0.15) is 59.2 Å². The second-order valence-electron chi connectivity index (χ2n) is 8.51. The van der Waals surface area contributed by atoms with Crippen LogP contribution >= 0.6 is 0 Å². The summed E-state index contributed by atoms with van der Waals surface area (Å²) in [5.74, 6) is -1.95. The number of nitrogens with one attached hydrogen (secondary N) is 2. The van der Waals surface area contributed by atoms with Gasteiger partial charge in [-0.05, 0) is 50.9 Å². The molecule has 0 saturated carbocycles. The maximum absolute atomic E-state index is 13.0. The van der Waals surface area contributed by atoms with E-state index in [0.717, 1.165) is 50.2 Å². The molecule has 0 aliphatic carbocycles. The number of likely N-dealkylation sites (tertiary alicyclic amines) is 1. The smallest absolute Gasteiger partial charge is 0.264 e. The zero-order chi connectivity index (χ0) is 22.0. The maximum atomic E-state index is 13.0. The summed E-state index contributed by atoms with van der Waals surface area (Å²) in [6.45, 7) is 3.81. The molecule has 0 radical (unpaired) electrons. The number of nitrogens with zero attached hydrogens (tertiary/aromatic N) is 2. The van der Waals surface area contributed by atoms with Crippen molar-refractivity contribution in [1.82, 2.24) is 15.1 Å². The normalized spacial score (nSPS) is 24.0. The molecule has 4 N–H and O–H groups in total. The van der Waals surface area contributed by atoms with Crippen LogP contribution in [0, 0.1) is 0 Å². The second-order valence-corrected chi connectivity index (χ2v) is 8.51. The number of rotatable bonds is 8. The van der Waals surface area contributed by atoms with Crippen molar-refractivity contribution in [2.75, 3.05) is 31.5 Å². The number of unbranched alkanes of at least 4 members (excludes halogenated alkanes) is 2. The number of amides is 4. The first-order valence-electron chi connectivity index (χ1n) is 11.0. The summed E-state index contributed by atoms with van der Waals surface area (Å²) in [6.07, 6.45) is 4.44. The molecule has 0 bridgehead atoms. The third-order valence-corrected chi connectivity index (χ3v) is 6.24. The Bertz CT molecular complexity index is 902. The Morgan fingerprint density at radius 3 is 2.65 bits per heavy atom. The summed E-state index contributed by atoms with van der Waals surface area (Å²) in [7, 11) is 0. The molecule has 1 aromatic rings. The van der Waals surface area contributed by atoms with Gasteiger partial charge in [0.1, 0.15) is 6.04 Å². The number of piperidine rings is 1. The number of carbonyl (C=O) groups excluding carboxylic acids is 4. The summed E-state index contributed by atoms with van der Waals surface area (Å²) in [4.78, 5) is 52.9. The van der Waals surface area contributed by atoms with Crippen LogP contribution in [0.3, 0.4) is 0 Å². The molecule has 4 amide bonds. The molecule has 1 aromatic carbocycles. The van der Waals surface area contributed by atoms with Crippen LogP contribution < -0.4 is 16.4 Å². The average molecular weight is 428 g/mol. The number of anilines is 1. The van der Waals surface area contributed by atoms with E-state index in [1.807, 2.05) is 0 Å². The van der Waals surface area contributed by atoms with E-state index in [2.05, 4.69) is 15.5 Å². The summed E-state index contributed by atoms with van der Waals surface area (Å²) >= 11 is 0. The predicted molar refractivity (Wildman–Crippen MR) is 114 cm³/mol. The standard InChI is InChI=1S/C22H29N5O4/c23-14-9-12-26(13-14)11-3-1-2-10-24-16-6-4-5-15-19(16)22(31)27(21(15)30)17-7-8-18(28)25-20(17)29/h4-6,14,17,24H,1-3,7-13,23H2,(H,25,28,29). The molecule has 2 fully saturated rings. The highest BCUT2D eigenvalue weighted by molar-refractivity contribution is 6.25. The van der Waals surface area contributed by atoms with E-state index < -0.39 is 23.8 Å². The maximum Gasteiger partial charge on any atom is 0.264 e. The molecule has 2 atom stereocenters. The van der Waals surface area contributed by atoms with Gasteiger partial charge in [-0.1, -0.05) is 12.5 Å². The number of carbonyl (C=O) groups is 4. The highest BCUT2D eigenvalue weighted by Crippen LogP contribution is 2.32. The molecule has 2 unspecified atom stereocenters.